The standard InChI is InChI=1S/C10H22N4/c1-10(2,8-5-4-6-8)7-13-9(12-3)14-11/h8H,4-7,11H2,1-3H3,(H2,12,13,14). The minimum absolute atomic E-state index is 0.338. The van der Waals surface area contributed by atoms with Gasteiger partial charge in [-0.2, -0.15) is 0 Å². The van der Waals surface area contributed by atoms with Gasteiger partial charge in [-0.25, -0.2) is 5.84 Å². The molecule has 0 amide bonds. The lowest BCUT2D eigenvalue weighted by Gasteiger charge is -2.40. The lowest BCUT2D eigenvalue weighted by Crippen LogP contribution is -2.47. The average molecular weight is 198 g/mol. The molecule has 4 N–H and O–H groups in total. The van der Waals surface area contributed by atoms with Crippen LogP contribution in [0.15, 0.2) is 4.99 Å². The molecule has 0 aromatic carbocycles. The summed E-state index contributed by atoms with van der Waals surface area (Å²) in [5.74, 6) is 6.81. The number of aliphatic imine (C=N–C) groups is 1. The number of nitrogens with one attached hydrogen (secondary N) is 2. The van der Waals surface area contributed by atoms with Crippen LogP contribution in [-0.4, -0.2) is 19.6 Å². The molecule has 0 atom stereocenters. The van der Waals surface area contributed by atoms with E-state index in [-0.39, 0.29) is 0 Å². The Morgan fingerprint density at radius 1 is 1.50 bits per heavy atom. The Morgan fingerprint density at radius 2 is 2.14 bits per heavy atom. The number of nitrogens with two attached hydrogens (primary N) is 1. The molecule has 0 spiro atoms. The third-order valence-corrected chi connectivity index (χ3v) is 3.28. The van der Waals surface area contributed by atoms with Gasteiger partial charge in [0.05, 0.1) is 0 Å². The van der Waals surface area contributed by atoms with E-state index in [4.69, 9.17) is 5.84 Å². The summed E-state index contributed by atoms with van der Waals surface area (Å²) in [4.78, 5) is 3.98. The Kier molecular flexibility index (Phi) is 3.75. The highest BCUT2D eigenvalue weighted by molar-refractivity contribution is 5.78. The molecular weight excluding hydrogens is 176 g/mol. The topological polar surface area (TPSA) is 62.4 Å². The Balaban J connectivity index is 2.34. The third kappa shape index (κ3) is 2.61. The molecular formula is C10H22N4. The van der Waals surface area contributed by atoms with Crippen LogP contribution in [0.1, 0.15) is 33.1 Å². The maximum absolute atomic E-state index is 5.29. The molecule has 82 valence electrons. The van der Waals surface area contributed by atoms with Gasteiger partial charge in [0, 0.05) is 13.6 Å². The predicted molar refractivity (Wildman–Crippen MR) is 59.8 cm³/mol. The highest BCUT2D eigenvalue weighted by Crippen LogP contribution is 2.40. The van der Waals surface area contributed by atoms with Crippen molar-refractivity contribution in [1.29, 1.82) is 0 Å². The number of guanidine groups is 1. The van der Waals surface area contributed by atoms with Gasteiger partial charge in [-0.1, -0.05) is 20.3 Å². The molecule has 1 rings (SSSR count). The summed E-state index contributed by atoms with van der Waals surface area (Å²) >= 11 is 0. The maximum Gasteiger partial charge on any atom is 0.205 e. The van der Waals surface area contributed by atoms with Crippen LogP contribution in [0.2, 0.25) is 0 Å². The van der Waals surface area contributed by atoms with Gasteiger partial charge >= 0.3 is 0 Å². The van der Waals surface area contributed by atoms with E-state index in [1.165, 1.54) is 19.3 Å². The van der Waals surface area contributed by atoms with Crippen LogP contribution in [-0.2, 0) is 0 Å². The second-order valence-corrected chi connectivity index (χ2v) is 4.69. The number of nitrogens with zero attached hydrogens (tertiary/aromatic N) is 1. The summed E-state index contributed by atoms with van der Waals surface area (Å²) in [5.41, 5.74) is 2.88. The Labute approximate surface area is 86.3 Å². The Bertz CT molecular complexity index is 206. The minimum atomic E-state index is 0.338. The van der Waals surface area contributed by atoms with Gasteiger partial charge in [0.2, 0.25) is 5.96 Å². The van der Waals surface area contributed by atoms with E-state index < -0.39 is 0 Å². The van der Waals surface area contributed by atoms with E-state index >= 15 is 0 Å². The first-order valence-electron chi connectivity index (χ1n) is 5.27. The van der Waals surface area contributed by atoms with E-state index in [1.807, 2.05) is 0 Å². The summed E-state index contributed by atoms with van der Waals surface area (Å²) in [7, 11) is 1.72. The van der Waals surface area contributed by atoms with Crippen LogP contribution in [0.3, 0.4) is 0 Å². The summed E-state index contributed by atoms with van der Waals surface area (Å²) in [6, 6.07) is 0. The zero-order valence-electron chi connectivity index (χ0n) is 9.43. The first-order valence-corrected chi connectivity index (χ1v) is 5.27. The summed E-state index contributed by atoms with van der Waals surface area (Å²) in [6.07, 6.45) is 4.12. The van der Waals surface area contributed by atoms with Crippen molar-refractivity contribution in [3.8, 4) is 0 Å². The molecule has 0 heterocycles. The molecule has 4 nitrogen and oxygen atoms in total. The zero-order chi connectivity index (χ0) is 10.6. The van der Waals surface area contributed by atoms with Crippen molar-refractivity contribution < 1.29 is 0 Å². The third-order valence-electron chi connectivity index (χ3n) is 3.28. The van der Waals surface area contributed by atoms with Gasteiger partial charge in [-0.3, -0.25) is 10.4 Å². The monoisotopic (exact) mass is 198 g/mol. The van der Waals surface area contributed by atoms with Crippen LogP contribution < -0.4 is 16.6 Å². The Morgan fingerprint density at radius 3 is 2.50 bits per heavy atom. The van der Waals surface area contributed by atoms with Gasteiger partial charge in [-0.05, 0) is 24.2 Å². The lowest BCUT2D eigenvalue weighted by molar-refractivity contribution is 0.124. The smallest absolute Gasteiger partial charge is 0.205 e. The SMILES string of the molecule is CN=C(NN)NCC(C)(C)C1CCC1. The quantitative estimate of drug-likeness (QED) is 0.273. The second-order valence-electron chi connectivity index (χ2n) is 4.69. The molecule has 0 bridgehead atoms. The van der Waals surface area contributed by atoms with Gasteiger partial charge in [0.1, 0.15) is 0 Å². The van der Waals surface area contributed by atoms with Gasteiger partial charge in [0.25, 0.3) is 0 Å². The molecule has 0 unspecified atom stereocenters. The second kappa shape index (κ2) is 4.64. The van der Waals surface area contributed by atoms with Crippen LogP contribution >= 0.6 is 0 Å². The summed E-state index contributed by atoms with van der Waals surface area (Å²) in [6.45, 7) is 5.52. The molecule has 0 saturated heterocycles. The van der Waals surface area contributed by atoms with Crippen molar-refractivity contribution in [1.82, 2.24) is 10.7 Å². The van der Waals surface area contributed by atoms with E-state index in [2.05, 4.69) is 29.6 Å². The van der Waals surface area contributed by atoms with E-state index in [0.29, 0.717) is 11.4 Å². The van der Waals surface area contributed by atoms with Gasteiger partial charge in [0.15, 0.2) is 0 Å². The molecule has 1 fully saturated rings. The highest BCUT2D eigenvalue weighted by atomic mass is 15.3. The fourth-order valence-electron chi connectivity index (χ4n) is 1.84. The maximum atomic E-state index is 5.29. The van der Waals surface area contributed by atoms with Crippen molar-refractivity contribution in [2.75, 3.05) is 13.6 Å². The zero-order valence-corrected chi connectivity index (χ0v) is 9.43. The number of hydrogen-bond donors (Lipinski definition) is 3. The van der Waals surface area contributed by atoms with Crippen LogP contribution in [0.25, 0.3) is 0 Å². The summed E-state index contributed by atoms with van der Waals surface area (Å²) < 4.78 is 0. The predicted octanol–water partition coefficient (Wildman–Crippen LogP) is 0.851. The molecule has 14 heavy (non-hydrogen) atoms. The molecule has 1 saturated carbocycles. The van der Waals surface area contributed by atoms with Crippen molar-refractivity contribution in [2.45, 2.75) is 33.1 Å². The van der Waals surface area contributed by atoms with Crippen molar-refractivity contribution in [3.63, 3.8) is 0 Å². The molecule has 1 aliphatic rings. The molecule has 4 heteroatoms. The molecule has 1 aliphatic carbocycles. The number of hydrogen-bond acceptors (Lipinski definition) is 2. The lowest BCUT2D eigenvalue weighted by atomic mass is 9.67. The first kappa shape index (κ1) is 11.3. The Hall–Kier alpha value is -0.770. The van der Waals surface area contributed by atoms with Crippen LogP contribution in [0.4, 0.5) is 0 Å². The van der Waals surface area contributed by atoms with Gasteiger partial charge < -0.3 is 5.32 Å². The fourth-order valence-corrected chi connectivity index (χ4v) is 1.84. The minimum Gasteiger partial charge on any atom is -0.355 e. The largest absolute Gasteiger partial charge is 0.355 e. The molecule has 0 aromatic rings. The molecule has 0 aromatic heterocycles. The van der Waals surface area contributed by atoms with Crippen LogP contribution in [0, 0.1) is 11.3 Å². The van der Waals surface area contributed by atoms with Crippen molar-refractivity contribution in [3.05, 3.63) is 0 Å². The number of hydrazine groups is 1. The fraction of sp³-hybridized carbons (Fsp3) is 0.900. The molecule has 0 aliphatic heterocycles. The normalized spacial score (nSPS) is 19.0. The van der Waals surface area contributed by atoms with E-state index in [1.54, 1.807) is 7.05 Å². The summed E-state index contributed by atoms with van der Waals surface area (Å²) in [5, 5.41) is 3.22. The first-order chi connectivity index (χ1) is 6.60. The molecule has 0 radical (unpaired) electrons. The highest BCUT2D eigenvalue weighted by Gasteiger charge is 2.33. The van der Waals surface area contributed by atoms with Crippen LogP contribution in [0.5, 0.6) is 0 Å². The van der Waals surface area contributed by atoms with Crippen molar-refractivity contribution in [2.24, 2.45) is 22.2 Å². The van der Waals surface area contributed by atoms with E-state index in [9.17, 15) is 0 Å². The van der Waals surface area contributed by atoms with Crippen molar-refractivity contribution >= 4 is 5.96 Å². The van der Waals surface area contributed by atoms with Gasteiger partial charge in [-0.15, -0.1) is 0 Å². The van der Waals surface area contributed by atoms with E-state index in [0.717, 1.165) is 12.5 Å². The number of rotatable bonds is 3. The average Bonchev–Trinajstić information content (AvgIpc) is 2.01.